The van der Waals surface area contributed by atoms with Gasteiger partial charge < -0.3 is 4.52 Å². The molecule has 124 valence electrons. The van der Waals surface area contributed by atoms with Crippen molar-refractivity contribution in [3.63, 3.8) is 0 Å². The highest BCUT2D eigenvalue weighted by Crippen LogP contribution is 2.35. The van der Waals surface area contributed by atoms with Crippen molar-refractivity contribution < 1.29 is 12.9 Å². The van der Waals surface area contributed by atoms with Gasteiger partial charge in [-0.3, -0.25) is 4.98 Å². The van der Waals surface area contributed by atoms with Crippen LogP contribution in [-0.2, 0) is 10.0 Å². The summed E-state index contributed by atoms with van der Waals surface area (Å²) in [5.74, 6) is 0.864. The van der Waals surface area contributed by atoms with E-state index in [2.05, 4.69) is 31.1 Å². The van der Waals surface area contributed by atoms with Crippen molar-refractivity contribution in [1.29, 1.82) is 0 Å². The molecule has 1 fully saturated rings. The van der Waals surface area contributed by atoms with Crippen LogP contribution in [0.1, 0.15) is 11.8 Å². The van der Waals surface area contributed by atoms with E-state index in [1.165, 1.54) is 15.6 Å². The first-order valence-corrected chi connectivity index (χ1v) is 10.1. The van der Waals surface area contributed by atoms with Gasteiger partial charge in [0.2, 0.25) is 11.7 Å². The largest absolute Gasteiger partial charge is 0.339 e. The summed E-state index contributed by atoms with van der Waals surface area (Å²) >= 11 is 4.49. The first kappa shape index (κ1) is 15.9. The van der Waals surface area contributed by atoms with Crippen LogP contribution in [0.15, 0.2) is 49.2 Å². The Bertz CT molecular complexity index is 965. The van der Waals surface area contributed by atoms with Crippen LogP contribution in [0.3, 0.4) is 0 Å². The van der Waals surface area contributed by atoms with Crippen molar-refractivity contribution in [2.45, 2.75) is 10.1 Å². The standard InChI is InChI=1S/C14H11BrN4O3S2/c15-11-1-2-12(23-11)24(20,21)19-7-10(8-19)14-17-13(18-22-14)9-3-5-16-6-4-9/h1-6,10H,7-8H2. The van der Waals surface area contributed by atoms with E-state index in [0.29, 0.717) is 29.0 Å². The van der Waals surface area contributed by atoms with Crippen molar-refractivity contribution >= 4 is 37.3 Å². The Labute approximate surface area is 150 Å². The SMILES string of the molecule is O=S(=O)(c1ccc(Br)s1)N1CC(c2nc(-c3ccncc3)no2)C1. The second-order valence-electron chi connectivity index (χ2n) is 5.27. The molecule has 0 N–H and O–H groups in total. The fourth-order valence-corrected chi connectivity index (χ4v) is 6.07. The van der Waals surface area contributed by atoms with Crippen LogP contribution in [-0.4, -0.2) is 40.9 Å². The van der Waals surface area contributed by atoms with E-state index in [-0.39, 0.29) is 5.92 Å². The number of hydrogen-bond donors (Lipinski definition) is 0. The van der Waals surface area contributed by atoms with Crippen molar-refractivity contribution in [1.82, 2.24) is 19.4 Å². The summed E-state index contributed by atoms with van der Waals surface area (Å²) in [5.41, 5.74) is 0.812. The van der Waals surface area contributed by atoms with Crippen LogP contribution in [0, 0.1) is 0 Å². The van der Waals surface area contributed by atoms with Crippen LogP contribution in [0.2, 0.25) is 0 Å². The highest BCUT2D eigenvalue weighted by molar-refractivity contribution is 9.11. The molecule has 24 heavy (non-hydrogen) atoms. The maximum absolute atomic E-state index is 12.5. The quantitative estimate of drug-likeness (QED) is 0.636. The third kappa shape index (κ3) is 2.79. The van der Waals surface area contributed by atoms with Crippen molar-refractivity contribution in [2.24, 2.45) is 0 Å². The van der Waals surface area contributed by atoms with Gasteiger partial charge in [-0.2, -0.15) is 9.29 Å². The van der Waals surface area contributed by atoms with E-state index < -0.39 is 10.0 Å². The number of pyridine rings is 1. The number of rotatable bonds is 4. The molecule has 0 spiro atoms. The minimum atomic E-state index is -3.44. The number of hydrogen-bond acceptors (Lipinski definition) is 7. The minimum Gasteiger partial charge on any atom is -0.339 e. The third-order valence-corrected chi connectivity index (χ3v) is 7.64. The Balaban J connectivity index is 1.47. The van der Waals surface area contributed by atoms with E-state index in [1.54, 1.807) is 36.7 Å². The Kier molecular flexibility index (Phi) is 3.99. The molecule has 0 unspecified atom stereocenters. The van der Waals surface area contributed by atoms with Gasteiger partial charge in [-0.05, 0) is 40.2 Å². The van der Waals surface area contributed by atoms with E-state index in [1.807, 2.05) is 0 Å². The molecule has 3 aromatic rings. The molecule has 0 saturated carbocycles. The van der Waals surface area contributed by atoms with Gasteiger partial charge in [-0.1, -0.05) is 5.16 Å². The van der Waals surface area contributed by atoms with E-state index in [4.69, 9.17) is 4.52 Å². The number of thiophene rings is 1. The highest BCUT2D eigenvalue weighted by Gasteiger charge is 2.41. The zero-order chi connectivity index (χ0) is 16.7. The Hall–Kier alpha value is -1.62. The molecule has 0 amide bonds. The summed E-state index contributed by atoms with van der Waals surface area (Å²) in [6.45, 7) is 0.686. The molecule has 0 radical (unpaired) electrons. The average Bonchev–Trinajstić information content (AvgIpc) is 3.16. The normalized spacial score (nSPS) is 16.2. The number of sulfonamides is 1. The predicted octanol–water partition coefficient (Wildman–Crippen LogP) is 2.74. The van der Waals surface area contributed by atoms with Gasteiger partial charge in [0.25, 0.3) is 10.0 Å². The maximum Gasteiger partial charge on any atom is 0.252 e. The molecule has 0 aromatic carbocycles. The van der Waals surface area contributed by atoms with Gasteiger partial charge in [0.05, 0.1) is 9.70 Å². The molecular formula is C14H11BrN4O3S2. The lowest BCUT2D eigenvalue weighted by molar-refractivity contribution is 0.217. The fraction of sp³-hybridized carbons (Fsp3) is 0.214. The molecule has 3 aromatic heterocycles. The monoisotopic (exact) mass is 426 g/mol. The number of nitrogens with zero attached hydrogens (tertiary/aromatic N) is 4. The van der Waals surface area contributed by atoms with Gasteiger partial charge in [0.1, 0.15) is 4.21 Å². The fourth-order valence-electron chi connectivity index (χ4n) is 2.37. The van der Waals surface area contributed by atoms with Crippen molar-refractivity contribution in [3.8, 4) is 11.4 Å². The summed E-state index contributed by atoms with van der Waals surface area (Å²) in [5, 5.41) is 3.95. The zero-order valence-electron chi connectivity index (χ0n) is 12.2. The molecule has 1 saturated heterocycles. The van der Waals surface area contributed by atoms with Crippen molar-refractivity contribution in [3.05, 3.63) is 46.3 Å². The van der Waals surface area contributed by atoms with Crippen LogP contribution in [0.25, 0.3) is 11.4 Å². The van der Waals surface area contributed by atoms with Gasteiger partial charge >= 0.3 is 0 Å². The lowest BCUT2D eigenvalue weighted by atomic mass is 10.0. The lowest BCUT2D eigenvalue weighted by Crippen LogP contribution is -2.48. The maximum atomic E-state index is 12.5. The molecule has 0 atom stereocenters. The molecule has 10 heteroatoms. The van der Waals surface area contributed by atoms with E-state index in [9.17, 15) is 8.42 Å². The molecule has 1 aliphatic heterocycles. The Morgan fingerprint density at radius 2 is 1.96 bits per heavy atom. The van der Waals surface area contributed by atoms with Crippen LogP contribution < -0.4 is 0 Å². The molecule has 4 heterocycles. The average molecular weight is 427 g/mol. The topological polar surface area (TPSA) is 89.2 Å². The van der Waals surface area contributed by atoms with Gasteiger partial charge in [-0.25, -0.2) is 8.42 Å². The summed E-state index contributed by atoms with van der Waals surface area (Å²) in [7, 11) is -3.44. The molecule has 0 bridgehead atoms. The predicted molar refractivity (Wildman–Crippen MR) is 91.0 cm³/mol. The Morgan fingerprint density at radius 1 is 1.21 bits per heavy atom. The smallest absolute Gasteiger partial charge is 0.252 e. The minimum absolute atomic E-state index is 0.0775. The highest BCUT2D eigenvalue weighted by atomic mass is 79.9. The second kappa shape index (κ2) is 6.03. The zero-order valence-corrected chi connectivity index (χ0v) is 15.4. The third-order valence-electron chi connectivity index (χ3n) is 3.72. The summed E-state index contributed by atoms with van der Waals surface area (Å²) in [6.07, 6.45) is 3.31. The van der Waals surface area contributed by atoms with Gasteiger partial charge in [0, 0.05) is 31.0 Å². The van der Waals surface area contributed by atoms with E-state index >= 15 is 0 Å². The second-order valence-corrected chi connectivity index (χ2v) is 9.90. The Morgan fingerprint density at radius 3 is 2.62 bits per heavy atom. The molecule has 7 nitrogen and oxygen atoms in total. The summed E-state index contributed by atoms with van der Waals surface area (Å²) in [4.78, 5) is 8.31. The summed E-state index contributed by atoms with van der Waals surface area (Å²) < 4.78 is 32.8. The number of halogens is 1. The molecule has 0 aliphatic carbocycles. The number of aromatic nitrogens is 3. The van der Waals surface area contributed by atoms with Crippen LogP contribution in [0.4, 0.5) is 0 Å². The summed E-state index contributed by atoms with van der Waals surface area (Å²) in [6, 6.07) is 6.92. The van der Waals surface area contributed by atoms with E-state index in [0.717, 1.165) is 9.35 Å². The van der Waals surface area contributed by atoms with Crippen LogP contribution >= 0.6 is 27.3 Å². The first-order chi connectivity index (χ1) is 11.5. The van der Waals surface area contributed by atoms with Gasteiger partial charge in [0.15, 0.2) is 0 Å². The van der Waals surface area contributed by atoms with Gasteiger partial charge in [-0.15, -0.1) is 11.3 Å². The molecular weight excluding hydrogens is 416 g/mol. The molecule has 4 rings (SSSR count). The van der Waals surface area contributed by atoms with Crippen molar-refractivity contribution in [2.75, 3.05) is 13.1 Å². The lowest BCUT2D eigenvalue weighted by Gasteiger charge is -2.35. The van der Waals surface area contributed by atoms with Crippen LogP contribution in [0.5, 0.6) is 0 Å². The first-order valence-electron chi connectivity index (χ1n) is 7.03. The molecule has 1 aliphatic rings.